The van der Waals surface area contributed by atoms with Crippen LogP contribution in [0.3, 0.4) is 0 Å². The summed E-state index contributed by atoms with van der Waals surface area (Å²) in [5.74, 6) is -0.572. The van der Waals surface area contributed by atoms with Crippen molar-refractivity contribution in [2.24, 2.45) is 5.92 Å². The summed E-state index contributed by atoms with van der Waals surface area (Å²) in [5, 5.41) is 17.7. The van der Waals surface area contributed by atoms with E-state index in [1.165, 1.54) is 0 Å². The highest BCUT2D eigenvalue weighted by Crippen LogP contribution is 2.47. The van der Waals surface area contributed by atoms with Gasteiger partial charge in [-0.25, -0.2) is 0 Å². The Bertz CT molecular complexity index is 329. The van der Waals surface area contributed by atoms with E-state index in [2.05, 4.69) is 0 Å². The van der Waals surface area contributed by atoms with Crippen molar-refractivity contribution in [3.63, 3.8) is 0 Å². The molecular formula is C10H10O3. The standard InChI is InChI=1S/C10H10O3/c11-7-3-1-6(2-4-7)8-5-9(8)10(12)13/h1-4,8-9,11H,5H2,(H,12,13)/t8-,9-/m0/s1. The van der Waals surface area contributed by atoms with Crippen molar-refractivity contribution < 1.29 is 15.0 Å². The lowest BCUT2D eigenvalue weighted by Crippen LogP contribution is -1.98. The molecule has 0 aromatic heterocycles. The molecule has 68 valence electrons. The summed E-state index contributed by atoms with van der Waals surface area (Å²) in [6.07, 6.45) is 0.722. The average molecular weight is 178 g/mol. The van der Waals surface area contributed by atoms with Gasteiger partial charge in [-0.1, -0.05) is 12.1 Å². The highest BCUT2D eigenvalue weighted by molar-refractivity contribution is 5.75. The van der Waals surface area contributed by atoms with E-state index in [1.807, 2.05) is 0 Å². The normalized spacial score (nSPS) is 25.5. The van der Waals surface area contributed by atoms with Gasteiger partial charge in [0, 0.05) is 0 Å². The maximum Gasteiger partial charge on any atom is 0.307 e. The summed E-state index contributed by atoms with van der Waals surface area (Å²) in [7, 11) is 0. The third kappa shape index (κ3) is 1.49. The summed E-state index contributed by atoms with van der Waals surface area (Å²) < 4.78 is 0. The molecule has 2 rings (SSSR count). The topological polar surface area (TPSA) is 57.5 Å². The van der Waals surface area contributed by atoms with Crippen LogP contribution in [0.5, 0.6) is 5.75 Å². The third-order valence-corrected chi connectivity index (χ3v) is 2.43. The minimum atomic E-state index is -0.724. The number of benzene rings is 1. The first-order valence-electron chi connectivity index (χ1n) is 4.20. The molecule has 0 radical (unpaired) electrons. The number of rotatable bonds is 2. The molecule has 3 heteroatoms. The van der Waals surface area contributed by atoms with Crippen LogP contribution in [0.4, 0.5) is 0 Å². The Morgan fingerprint density at radius 1 is 1.31 bits per heavy atom. The predicted octanol–water partition coefficient (Wildman–Crippen LogP) is 1.58. The number of carbonyl (C=O) groups is 1. The van der Waals surface area contributed by atoms with Gasteiger partial charge >= 0.3 is 5.97 Å². The minimum Gasteiger partial charge on any atom is -0.508 e. The van der Waals surface area contributed by atoms with Crippen molar-refractivity contribution in [3.8, 4) is 5.75 Å². The fourth-order valence-electron chi connectivity index (χ4n) is 1.56. The van der Waals surface area contributed by atoms with Crippen LogP contribution in [-0.2, 0) is 4.79 Å². The van der Waals surface area contributed by atoms with Crippen molar-refractivity contribution in [1.82, 2.24) is 0 Å². The van der Waals surface area contributed by atoms with E-state index >= 15 is 0 Å². The summed E-state index contributed by atoms with van der Waals surface area (Å²) in [5.41, 5.74) is 1.00. The van der Waals surface area contributed by atoms with Crippen LogP contribution in [0.15, 0.2) is 24.3 Å². The molecule has 1 saturated carbocycles. The largest absolute Gasteiger partial charge is 0.508 e. The lowest BCUT2D eigenvalue weighted by Gasteiger charge is -1.97. The summed E-state index contributed by atoms with van der Waals surface area (Å²) in [6.45, 7) is 0. The molecule has 1 aromatic rings. The van der Waals surface area contributed by atoms with Crippen LogP contribution in [0, 0.1) is 5.92 Å². The molecule has 0 aliphatic heterocycles. The van der Waals surface area contributed by atoms with Gasteiger partial charge in [-0.3, -0.25) is 4.79 Å². The van der Waals surface area contributed by atoms with E-state index in [0.29, 0.717) is 0 Å². The van der Waals surface area contributed by atoms with Crippen LogP contribution in [-0.4, -0.2) is 16.2 Å². The number of aromatic hydroxyl groups is 1. The number of phenolic OH excluding ortho intramolecular Hbond substituents is 1. The predicted molar refractivity (Wildman–Crippen MR) is 46.6 cm³/mol. The van der Waals surface area contributed by atoms with E-state index in [1.54, 1.807) is 24.3 Å². The molecule has 3 nitrogen and oxygen atoms in total. The number of phenols is 1. The first kappa shape index (κ1) is 8.10. The zero-order chi connectivity index (χ0) is 9.42. The maximum atomic E-state index is 10.6. The van der Waals surface area contributed by atoms with E-state index in [0.717, 1.165) is 12.0 Å². The third-order valence-electron chi connectivity index (χ3n) is 2.43. The maximum absolute atomic E-state index is 10.6. The zero-order valence-electron chi connectivity index (χ0n) is 6.97. The van der Waals surface area contributed by atoms with E-state index < -0.39 is 5.97 Å². The first-order chi connectivity index (χ1) is 6.18. The fourth-order valence-corrected chi connectivity index (χ4v) is 1.56. The molecule has 0 unspecified atom stereocenters. The monoisotopic (exact) mass is 178 g/mol. The van der Waals surface area contributed by atoms with Crippen molar-refractivity contribution in [1.29, 1.82) is 0 Å². The highest BCUT2D eigenvalue weighted by Gasteiger charge is 2.43. The van der Waals surface area contributed by atoms with Crippen LogP contribution in [0.1, 0.15) is 17.9 Å². The van der Waals surface area contributed by atoms with Gasteiger partial charge in [-0.15, -0.1) is 0 Å². The van der Waals surface area contributed by atoms with Gasteiger partial charge in [0.2, 0.25) is 0 Å². The zero-order valence-corrected chi connectivity index (χ0v) is 6.97. The molecule has 1 fully saturated rings. The molecule has 0 bridgehead atoms. The molecule has 1 aromatic carbocycles. The molecule has 0 saturated heterocycles. The Morgan fingerprint density at radius 3 is 2.38 bits per heavy atom. The molecule has 2 atom stereocenters. The van der Waals surface area contributed by atoms with Crippen molar-refractivity contribution in [2.75, 3.05) is 0 Å². The molecule has 1 aliphatic rings. The van der Waals surface area contributed by atoms with E-state index in [4.69, 9.17) is 10.2 Å². The summed E-state index contributed by atoms with van der Waals surface area (Å²) in [6, 6.07) is 6.74. The minimum absolute atomic E-state index is 0.151. The SMILES string of the molecule is O=C(O)[C@H]1C[C@H]1c1ccc(O)cc1. The number of carboxylic acids is 1. The van der Waals surface area contributed by atoms with Crippen molar-refractivity contribution in [2.45, 2.75) is 12.3 Å². The highest BCUT2D eigenvalue weighted by atomic mass is 16.4. The van der Waals surface area contributed by atoms with Gasteiger partial charge in [0.15, 0.2) is 0 Å². The molecule has 13 heavy (non-hydrogen) atoms. The van der Waals surface area contributed by atoms with E-state index in [-0.39, 0.29) is 17.6 Å². The van der Waals surface area contributed by atoms with Crippen molar-refractivity contribution in [3.05, 3.63) is 29.8 Å². The summed E-state index contributed by atoms with van der Waals surface area (Å²) in [4.78, 5) is 10.6. The van der Waals surface area contributed by atoms with Gasteiger partial charge < -0.3 is 10.2 Å². The van der Waals surface area contributed by atoms with Crippen LogP contribution in [0.25, 0.3) is 0 Å². The van der Waals surface area contributed by atoms with E-state index in [9.17, 15) is 4.79 Å². The molecule has 2 N–H and O–H groups in total. The van der Waals surface area contributed by atoms with Crippen LogP contribution >= 0.6 is 0 Å². The molecule has 0 spiro atoms. The van der Waals surface area contributed by atoms with Gasteiger partial charge in [-0.05, 0) is 30.0 Å². The quantitative estimate of drug-likeness (QED) is 0.722. The Kier molecular flexibility index (Phi) is 1.72. The van der Waals surface area contributed by atoms with Crippen LogP contribution in [0.2, 0.25) is 0 Å². The van der Waals surface area contributed by atoms with Gasteiger partial charge in [0.1, 0.15) is 5.75 Å². The lowest BCUT2D eigenvalue weighted by atomic mass is 10.1. The second-order valence-electron chi connectivity index (χ2n) is 3.38. The first-order valence-corrected chi connectivity index (χ1v) is 4.20. The second kappa shape index (κ2) is 2.76. The number of carboxylic acid groups (broad SMARTS) is 1. The Hall–Kier alpha value is -1.51. The Balaban J connectivity index is 2.12. The number of aliphatic carboxylic acids is 1. The van der Waals surface area contributed by atoms with Crippen LogP contribution < -0.4 is 0 Å². The summed E-state index contributed by atoms with van der Waals surface area (Å²) >= 11 is 0. The van der Waals surface area contributed by atoms with Gasteiger partial charge in [0.05, 0.1) is 5.92 Å². The second-order valence-corrected chi connectivity index (χ2v) is 3.38. The average Bonchev–Trinajstić information content (AvgIpc) is 2.85. The fraction of sp³-hybridized carbons (Fsp3) is 0.300. The van der Waals surface area contributed by atoms with Gasteiger partial charge in [-0.2, -0.15) is 0 Å². The van der Waals surface area contributed by atoms with Gasteiger partial charge in [0.25, 0.3) is 0 Å². The lowest BCUT2D eigenvalue weighted by molar-refractivity contribution is -0.138. The molecule has 1 aliphatic carbocycles. The van der Waals surface area contributed by atoms with Crippen molar-refractivity contribution >= 4 is 5.97 Å². The number of hydrogen-bond acceptors (Lipinski definition) is 2. The molecule has 0 heterocycles. The Morgan fingerprint density at radius 2 is 1.92 bits per heavy atom. The Labute approximate surface area is 75.6 Å². The molecular weight excluding hydrogens is 168 g/mol. The molecule has 0 amide bonds. The smallest absolute Gasteiger partial charge is 0.307 e. The number of hydrogen-bond donors (Lipinski definition) is 2.